The number of fused-ring (bicyclic) bond motifs is 2. The normalized spacial score (nSPS) is 33.8. The molecule has 3 atom stereocenters. The maximum Gasteiger partial charge on any atom is 0.122 e. The minimum Gasteiger partial charge on any atom is -0.493 e. The Morgan fingerprint density at radius 2 is 1.89 bits per heavy atom. The van der Waals surface area contributed by atoms with Gasteiger partial charge in [0.05, 0.1) is 6.61 Å². The van der Waals surface area contributed by atoms with E-state index >= 15 is 0 Å². The molecule has 2 saturated carbocycles. The van der Waals surface area contributed by atoms with Crippen molar-refractivity contribution in [2.24, 2.45) is 17.8 Å². The quantitative estimate of drug-likeness (QED) is 0.705. The van der Waals surface area contributed by atoms with E-state index in [0.29, 0.717) is 4.83 Å². The average molecular weight is 321 g/mol. The van der Waals surface area contributed by atoms with Gasteiger partial charge in [0, 0.05) is 4.83 Å². The fraction of sp³-hybridized carbons (Fsp3) is 0.647. The lowest BCUT2D eigenvalue weighted by atomic mass is 9.99. The number of hydrogen-bond donors (Lipinski definition) is 0. The van der Waals surface area contributed by atoms with E-state index in [-0.39, 0.29) is 0 Å². The van der Waals surface area contributed by atoms with Crippen molar-refractivity contribution in [3.8, 4) is 5.75 Å². The number of aryl methyl sites for hydroxylation is 1. The molecule has 2 heteroatoms. The number of ether oxygens (including phenoxy) is 1. The average Bonchev–Trinajstić information content (AvgIpc) is 3.20. The van der Waals surface area contributed by atoms with Crippen LogP contribution in [0.3, 0.4) is 0 Å². The maximum atomic E-state index is 5.71. The highest BCUT2D eigenvalue weighted by molar-refractivity contribution is 9.09. The summed E-state index contributed by atoms with van der Waals surface area (Å²) in [6.45, 7) is 0.886. The van der Waals surface area contributed by atoms with E-state index in [2.05, 4.69) is 34.1 Å². The molecule has 0 amide bonds. The van der Waals surface area contributed by atoms with Gasteiger partial charge in [0.15, 0.2) is 0 Å². The van der Waals surface area contributed by atoms with Crippen LogP contribution in [0.5, 0.6) is 5.75 Å². The summed E-state index contributed by atoms with van der Waals surface area (Å²) in [7, 11) is 0. The van der Waals surface area contributed by atoms with Crippen molar-refractivity contribution in [2.45, 2.75) is 43.4 Å². The van der Waals surface area contributed by atoms with Gasteiger partial charge in [-0.1, -0.05) is 40.9 Å². The molecule has 1 aliphatic heterocycles. The van der Waals surface area contributed by atoms with Crippen molar-refractivity contribution in [1.82, 2.24) is 0 Å². The molecule has 19 heavy (non-hydrogen) atoms. The van der Waals surface area contributed by atoms with Crippen molar-refractivity contribution in [3.63, 3.8) is 0 Å². The fourth-order valence-electron chi connectivity index (χ4n) is 4.26. The second-order valence-corrected chi connectivity index (χ2v) is 7.40. The molecule has 1 aromatic carbocycles. The third-order valence-electron chi connectivity index (χ3n) is 5.31. The molecule has 0 bridgehead atoms. The second kappa shape index (κ2) is 4.80. The first kappa shape index (κ1) is 12.3. The van der Waals surface area contributed by atoms with E-state index in [1.165, 1.54) is 43.2 Å². The maximum absolute atomic E-state index is 5.71. The Morgan fingerprint density at radius 3 is 2.68 bits per heavy atom. The summed E-state index contributed by atoms with van der Waals surface area (Å²) in [4.78, 5) is 0.563. The largest absolute Gasteiger partial charge is 0.493 e. The number of halogens is 1. The Hall–Kier alpha value is -0.500. The Labute approximate surface area is 123 Å². The van der Waals surface area contributed by atoms with Gasteiger partial charge in [-0.25, -0.2) is 0 Å². The van der Waals surface area contributed by atoms with Crippen LogP contribution < -0.4 is 4.74 Å². The van der Waals surface area contributed by atoms with E-state index in [9.17, 15) is 0 Å². The molecule has 0 saturated heterocycles. The standard InChI is InChI=1S/C17H21BrO/c18-17(16-13-5-1-2-6-14(13)16)12-7-8-15-11(10-12)4-3-9-19-15/h7-8,10,13-14,16-17H,1-6,9H2. The highest BCUT2D eigenvalue weighted by Gasteiger charge is 2.53. The highest BCUT2D eigenvalue weighted by Crippen LogP contribution is 2.62. The summed E-state index contributed by atoms with van der Waals surface area (Å²) in [6.07, 6.45) is 8.18. The summed E-state index contributed by atoms with van der Waals surface area (Å²) in [5, 5.41) is 0. The molecule has 1 aromatic rings. The lowest BCUT2D eigenvalue weighted by Gasteiger charge is -2.19. The number of alkyl halides is 1. The number of benzene rings is 1. The van der Waals surface area contributed by atoms with Crippen LogP contribution in [0.15, 0.2) is 18.2 Å². The molecule has 2 aliphatic carbocycles. The molecule has 0 aromatic heterocycles. The summed E-state index contributed by atoms with van der Waals surface area (Å²) in [6, 6.07) is 6.84. The summed E-state index contributed by atoms with van der Waals surface area (Å²) in [5.74, 6) is 4.02. The minimum atomic E-state index is 0.563. The van der Waals surface area contributed by atoms with Gasteiger partial charge in [-0.2, -0.15) is 0 Å². The predicted molar refractivity (Wildman–Crippen MR) is 80.9 cm³/mol. The van der Waals surface area contributed by atoms with Gasteiger partial charge in [0.25, 0.3) is 0 Å². The van der Waals surface area contributed by atoms with Crippen LogP contribution >= 0.6 is 15.9 Å². The van der Waals surface area contributed by atoms with Crippen molar-refractivity contribution >= 4 is 15.9 Å². The van der Waals surface area contributed by atoms with Crippen LogP contribution in [-0.4, -0.2) is 6.61 Å². The Kier molecular flexibility index (Phi) is 3.10. The monoisotopic (exact) mass is 320 g/mol. The SMILES string of the molecule is BrC(c1ccc2c(c1)CCCO2)C1C2CCCCC21. The molecule has 3 unspecified atom stereocenters. The Morgan fingerprint density at radius 1 is 1.11 bits per heavy atom. The van der Waals surface area contributed by atoms with Crippen molar-refractivity contribution in [3.05, 3.63) is 29.3 Å². The van der Waals surface area contributed by atoms with Crippen LogP contribution in [0.2, 0.25) is 0 Å². The molecule has 1 heterocycles. The molecule has 0 radical (unpaired) electrons. The molecule has 2 fully saturated rings. The fourth-order valence-corrected chi connectivity index (χ4v) is 5.32. The zero-order valence-corrected chi connectivity index (χ0v) is 12.9. The molecule has 0 spiro atoms. The van der Waals surface area contributed by atoms with Crippen LogP contribution in [-0.2, 0) is 6.42 Å². The lowest BCUT2D eigenvalue weighted by Crippen LogP contribution is -2.09. The smallest absolute Gasteiger partial charge is 0.122 e. The van der Waals surface area contributed by atoms with E-state index in [4.69, 9.17) is 4.74 Å². The van der Waals surface area contributed by atoms with E-state index in [1.807, 2.05) is 0 Å². The van der Waals surface area contributed by atoms with Gasteiger partial charge in [0.1, 0.15) is 5.75 Å². The van der Waals surface area contributed by atoms with Gasteiger partial charge in [-0.3, -0.25) is 0 Å². The Balaban J connectivity index is 1.55. The van der Waals surface area contributed by atoms with E-state index in [1.54, 1.807) is 0 Å². The van der Waals surface area contributed by atoms with Gasteiger partial charge in [0.2, 0.25) is 0 Å². The summed E-state index contributed by atoms with van der Waals surface area (Å²) >= 11 is 3.99. The molecule has 4 rings (SSSR count). The van der Waals surface area contributed by atoms with Gasteiger partial charge in [-0.15, -0.1) is 0 Å². The summed E-state index contributed by atoms with van der Waals surface area (Å²) < 4.78 is 5.71. The summed E-state index contributed by atoms with van der Waals surface area (Å²) in [5.41, 5.74) is 2.89. The molecule has 1 nitrogen and oxygen atoms in total. The lowest BCUT2D eigenvalue weighted by molar-refractivity contribution is 0.288. The highest BCUT2D eigenvalue weighted by atomic mass is 79.9. The topological polar surface area (TPSA) is 9.23 Å². The first-order valence-electron chi connectivity index (χ1n) is 7.74. The number of hydrogen-bond acceptors (Lipinski definition) is 1. The van der Waals surface area contributed by atoms with Crippen molar-refractivity contribution in [1.29, 1.82) is 0 Å². The molecular formula is C17H21BrO. The van der Waals surface area contributed by atoms with Crippen LogP contribution in [0.4, 0.5) is 0 Å². The zero-order chi connectivity index (χ0) is 12.8. The van der Waals surface area contributed by atoms with Crippen LogP contribution in [0, 0.1) is 17.8 Å². The van der Waals surface area contributed by atoms with Gasteiger partial charge < -0.3 is 4.74 Å². The molecule has 3 aliphatic rings. The molecule has 102 valence electrons. The van der Waals surface area contributed by atoms with Crippen LogP contribution in [0.1, 0.15) is 48.1 Å². The van der Waals surface area contributed by atoms with Gasteiger partial charge >= 0.3 is 0 Å². The second-order valence-electron chi connectivity index (χ2n) is 6.41. The third kappa shape index (κ3) is 2.12. The molecular weight excluding hydrogens is 300 g/mol. The minimum absolute atomic E-state index is 0.563. The Bertz CT molecular complexity index is 472. The van der Waals surface area contributed by atoms with E-state index < -0.39 is 0 Å². The first-order chi connectivity index (χ1) is 9.34. The predicted octanol–water partition coefficient (Wildman–Crippen LogP) is 4.88. The number of rotatable bonds is 2. The van der Waals surface area contributed by atoms with Crippen molar-refractivity contribution in [2.75, 3.05) is 6.61 Å². The van der Waals surface area contributed by atoms with E-state index in [0.717, 1.165) is 36.5 Å². The first-order valence-corrected chi connectivity index (χ1v) is 8.66. The zero-order valence-electron chi connectivity index (χ0n) is 11.3. The van der Waals surface area contributed by atoms with Gasteiger partial charge in [-0.05, 0) is 60.6 Å². The molecule has 0 N–H and O–H groups in total. The van der Waals surface area contributed by atoms with Crippen LogP contribution in [0.25, 0.3) is 0 Å². The third-order valence-corrected chi connectivity index (χ3v) is 6.45. The van der Waals surface area contributed by atoms with Crippen molar-refractivity contribution < 1.29 is 4.74 Å².